The third kappa shape index (κ3) is 1.61. The van der Waals surface area contributed by atoms with Crippen LogP contribution in [0.15, 0.2) is 18.2 Å². The summed E-state index contributed by atoms with van der Waals surface area (Å²) in [6.07, 6.45) is 0. The molecule has 0 radical (unpaired) electrons. The van der Waals surface area contributed by atoms with Gasteiger partial charge < -0.3 is 10.2 Å². The molecular weight excluding hydrogens is 267 g/mol. The number of benzene rings is 1. The van der Waals surface area contributed by atoms with Gasteiger partial charge in [-0.15, -0.1) is 0 Å². The topological polar surface area (TPSA) is 90.5 Å². The molecule has 4 amide bonds. The van der Waals surface area contributed by atoms with Gasteiger partial charge in [-0.25, -0.2) is 9.18 Å². The fourth-order valence-corrected chi connectivity index (χ4v) is 2.46. The fourth-order valence-electron chi connectivity index (χ4n) is 2.46. The van der Waals surface area contributed by atoms with Crippen molar-refractivity contribution in [3.8, 4) is 0 Å². The van der Waals surface area contributed by atoms with Crippen molar-refractivity contribution in [2.45, 2.75) is 5.54 Å². The largest absolute Gasteiger partial charge is 0.369 e. The Hall–Kier alpha value is -2.64. The van der Waals surface area contributed by atoms with Gasteiger partial charge in [0.2, 0.25) is 5.54 Å². The van der Waals surface area contributed by atoms with E-state index in [2.05, 4.69) is 5.32 Å². The molecule has 7 nitrogen and oxygen atoms in total. The highest BCUT2D eigenvalue weighted by atomic mass is 19.1. The van der Waals surface area contributed by atoms with Gasteiger partial charge in [-0.2, -0.15) is 0 Å². The molecular formula is C12H11FN4O3. The van der Waals surface area contributed by atoms with E-state index >= 15 is 0 Å². The number of urea groups is 1. The first kappa shape index (κ1) is 12.4. The van der Waals surface area contributed by atoms with E-state index in [1.807, 2.05) is 10.6 Å². The Labute approximate surface area is 113 Å². The van der Waals surface area contributed by atoms with Gasteiger partial charge in [-0.3, -0.25) is 20.2 Å². The first-order valence-corrected chi connectivity index (χ1v) is 5.88. The van der Waals surface area contributed by atoms with E-state index in [1.54, 1.807) is 18.0 Å². The number of carbonyl (C=O) groups is 3. The molecule has 20 heavy (non-hydrogen) atoms. The Balaban J connectivity index is 2.07. The summed E-state index contributed by atoms with van der Waals surface area (Å²) in [6.45, 7) is 0.0244. The van der Waals surface area contributed by atoms with E-state index < -0.39 is 29.2 Å². The number of anilines is 2. The SMILES string of the molecule is CN1CC2(Nc3cc(F)ccc31)C(=O)NC(=O)NC2=O. The van der Waals surface area contributed by atoms with Crippen molar-refractivity contribution in [3.05, 3.63) is 24.0 Å². The molecule has 1 fully saturated rings. The summed E-state index contributed by atoms with van der Waals surface area (Å²) >= 11 is 0. The molecule has 2 aliphatic heterocycles. The van der Waals surface area contributed by atoms with E-state index in [1.165, 1.54) is 12.1 Å². The van der Waals surface area contributed by atoms with Crippen molar-refractivity contribution in [1.29, 1.82) is 0 Å². The van der Waals surface area contributed by atoms with Gasteiger partial charge in [0.05, 0.1) is 17.9 Å². The van der Waals surface area contributed by atoms with Crippen LogP contribution in [0.2, 0.25) is 0 Å². The van der Waals surface area contributed by atoms with Crippen molar-refractivity contribution in [1.82, 2.24) is 10.6 Å². The van der Waals surface area contributed by atoms with Crippen LogP contribution in [0, 0.1) is 5.82 Å². The maximum absolute atomic E-state index is 13.3. The van der Waals surface area contributed by atoms with Crippen LogP contribution in [0.3, 0.4) is 0 Å². The van der Waals surface area contributed by atoms with Crippen molar-refractivity contribution in [3.63, 3.8) is 0 Å². The zero-order valence-electron chi connectivity index (χ0n) is 10.5. The van der Waals surface area contributed by atoms with Gasteiger partial charge in [0.15, 0.2) is 0 Å². The molecule has 0 unspecified atom stereocenters. The molecule has 0 aromatic heterocycles. The third-order valence-corrected chi connectivity index (χ3v) is 3.42. The number of hydrogen-bond acceptors (Lipinski definition) is 5. The van der Waals surface area contributed by atoms with Crippen LogP contribution in [0.4, 0.5) is 20.6 Å². The number of carbonyl (C=O) groups excluding carboxylic acids is 3. The predicted octanol–water partition coefficient (Wildman–Crippen LogP) is -0.208. The lowest BCUT2D eigenvalue weighted by Gasteiger charge is -2.43. The van der Waals surface area contributed by atoms with E-state index in [0.717, 1.165) is 0 Å². The summed E-state index contributed by atoms with van der Waals surface area (Å²) in [5.41, 5.74) is -0.670. The molecule has 0 aliphatic carbocycles. The van der Waals surface area contributed by atoms with Crippen LogP contribution in [0.25, 0.3) is 0 Å². The minimum Gasteiger partial charge on any atom is -0.369 e. The Morgan fingerprint density at radius 2 is 1.85 bits per heavy atom. The van der Waals surface area contributed by atoms with Crippen molar-refractivity contribution in [2.24, 2.45) is 0 Å². The number of barbiturate groups is 1. The van der Waals surface area contributed by atoms with Crippen LogP contribution in [0.1, 0.15) is 0 Å². The van der Waals surface area contributed by atoms with Gasteiger partial charge in [0.25, 0.3) is 11.8 Å². The average molecular weight is 278 g/mol. The third-order valence-electron chi connectivity index (χ3n) is 3.42. The van der Waals surface area contributed by atoms with Crippen molar-refractivity contribution in [2.75, 3.05) is 23.8 Å². The summed E-state index contributed by atoms with van der Waals surface area (Å²) in [5.74, 6) is -2.00. The number of nitrogens with zero attached hydrogens (tertiary/aromatic N) is 1. The number of fused-ring (bicyclic) bond motifs is 1. The summed E-state index contributed by atoms with van der Waals surface area (Å²) in [6, 6.07) is 3.18. The summed E-state index contributed by atoms with van der Waals surface area (Å²) in [5, 5.41) is 6.83. The highest BCUT2D eigenvalue weighted by molar-refractivity contribution is 6.25. The lowest BCUT2D eigenvalue weighted by Crippen LogP contribution is -2.74. The van der Waals surface area contributed by atoms with Crippen LogP contribution < -0.4 is 20.9 Å². The number of amides is 4. The highest BCUT2D eigenvalue weighted by Gasteiger charge is 2.53. The fraction of sp³-hybridized carbons (Fsp3) is 0.250. The molecule has 3 rings (SSSR count). The first-order valence-electron chi connectivity index (χ1n) is 5.88. The smallest absolute Gasteiger partial charge is 0.328 e. The maximum Gasteiger partial charge on any atom is 0.328 e. The summed E-state index contributed by atoms with van der Waals surface area (Å²) in [4.78, 5) is 36.9. The molecule has 1 spiro atoms. The quantitative estimate of drug-likeness (QED) is 0.571. The summed E-state index contributed by atoms with van der Waals surface area (Å²) in [7, 11) is 1.68. The zero-order valence-corrected chi connectivity index (χ0v) is 10.5. The van der Waals surface area contributed by atoms with Gasteiger partial charge in [-0.05, 0) is 18.2 Å². The Bertz CT molecular complexity index is 626. The Kier molecular flexibility index (Phi) is 2.43. The minimum atomic E-state index is -1.65. The predicted molar refractivity (Wildman–Crippen MR) is 67.7 cm³/mol. The number of halogens is 1. The van der Waals surface area contributed by atoms with Gasteiger partial charge in [-0.1, -0.05) is 0 Å². The monoisotopic (exact) mass is 278 g/mol. The van der Waals surface area contributed by atoms with Crippen molar-refractivity contribution < 1.29 is 18.8 Å². The molecule has 0 saturated carbocycles. The van der Waals surface area contributed by atoms with Gasteiger partial charge in [0, 0.05) is 7.05 Å². The second-order valence-corrected chi connectivity index (χ2v) is 4.79. The second-order valence-electron chi connectivity index (χ2n) is 4.79. The van der Waals surface area contributed by atoms with Gasteiger partial charge >= 0.3 is 6.03 Å². The Morgan fingerprint density at radius 1 is 1.20 bits per heavy atom. The molecule has 3 N–H and O–H groups in total. The number of hydrogen-bond donors (Lipinski definition) is 3. The first-order chi connectivity index (χ1) is 9.42. The van der Waals surface area contributed by atoms with E-state index in [9.17, 15) is 18.8 Å². The van der Waals surface area contributed by atoms with Crippen LogP contribution in [-0.4, -0.2) is 37.0 Å². The molecule has 8 heteroatoms. The summed E-state index contributed by atoms with van der Waals surface area (Å²) < 4.78 is 13.3. The van der Waals surface area contributed by atoms with E-state index in [4.69, 9.17) is 0 Å². The van der Waals surface area contributed by atoms with Gasteiger partial charge in [0.1, 0.15) is 5.82 Å². The molecule has 1 aromatic rings. The second kappa shape index (κ2) is 3.92. The number of imide groups is 2. The highest BCUT2D eigenvalue weighted by Crippen LogP contribution is 2.35. The molecule has 1 saturated heterocycles. The lowest BCUT2D eigenvalue weighted by molar-refractivity contribution is -0.136. The molecule has 1 aromatic carbocycles. The van der Waals surface area contributed by atoms with Crippen LogP contribution in [0.5, 0.6) is 0 Å². The van der Waals surface area contributed by atoms with Crippen LogP contribution >= 0.6 is 0 Å². The number of rotatable bonds is 0. The molecule has 2 aliphatic rings. The average Bonchev–Trinajstić information content (AvgIpc) is 2.35. The van der Waals surface area contributed by atoms with Crippen LogP contribution in [-0.2, 0) is 9.59 Å². The zero-order chi connectivity index (χ0) is 14.5. The molecule has 0 atom stereocenters. The van der Waals surface area contributed by atoms with E-state index in [-0.39, 0.29) is 6.54 Å². The van der Waals surface area contributed by atoms with E-state index in [0.29, 0.717) is 11.4 Å². The molecule has 104 valence electrons. The normalized spacial score (nSPS) is 20.1. The lowest BCUT2D eigenvalue weighted by atomic mass is 9.91. The Morgan fingerprint density at radius 3 is 2.50 bits per heavy atom. The number of likely N-dealkylation sites (N-methyl/N-ethyl adjacent to an activating group) is 1. The molecule has 2 heterocycles. The minimum absolute atomic E-state index is 0.0244. The maximum atomic E-state index is 13.3. The molecule has 0 bridgehead atoms. The standard InChI is InChI=1S/C12H11FN4O3/c1-17-5-12(9(18)14-11(20)15-10(12)19)16-7-4-6(13)2-3-8(7)17/h2-4,16H,5H2,1H3,(H2,14,15,18,19,20). The number of nitrogens with one attached hydrogen (secondary N) is 3. The van der Waals surface area contributed by atoms with Crippen molar-refractivity contribution >= 4 is 29.2 Å².